The Hall–Kier alpha value is -1.86. The van der Waals surface area contributed by atoms with Crippen LogP contribution in [0.15, 0.2) is 24.3 Å². The van der Waals surface area contributed by atoms with Gasteiger partial charge in [-0.25, -0.2) is 0 Å². The number of hydrogen-bond acceptors (Lipinski definition) is 3. The Balaban J connectivity index is 1.72. The van der Waals surface area contributed by atoms with Crippen molar-refractivity contribution in [1.82, 2.24) is 4.90 Å². The first-order chi connectivity index (χ1) is 10.7. The summed E-state index contributed by atoms with van der Waals surface area (Å²) in [6.07, 6.45) is 5.28. The zero-order valence-electron chi connectivity index (χ0n) is 13.2. The first-order valence-electron chi connectivity index (χ1n) is 8.22. The van der Waals surface area contributed by atoms with Gasteiger partial charge in [-0.2, -0.15) is 5.26 Å². The molecule has 1 saturated heterocycles. The summed E-state index contributed by atoms with van der Waals surface area (Å²) in [5.74, 6) is 0.868. The molecular formula is C18H23N3O. The van der Waals surface area contributed by atoms with Crippen LogP contribution in [0.5, 0.6) is 0 Å². The van der Waals surface area contributed by atoms with Crippen molar-refractivity contribution in [3.8, 4) is 6.07 Å². The van der Waals surface area contributed by atoms with Crippen molar-refractivity contribution < 1.29 is 4.79 Å². The number of rotatable bonds is 3. The maximum atomic E-state index is 12.6. The number of para-hydroxylation sites is 1. The van der Waals surface area contributed by atoms with Crippen LogP contribution in [0.2, 0.25) is 0 Å². The summed E-state index contributed by atoms with van der Waals surface area (Å²) in [5, 5.41) is 9.24. The molecule has 4 nitrogen and oxygen atoms in total. The molecule has 1 aromatic rings. The van der Waals surface area contributed by atoms with Gasteiger partial charge < -0.3 is 4.90 Å². The number of anilines is 1. The van der Waals surface area contributed by atoms with Crippen LogP contribution in [-0.4, -0.2) is 36.5 Å². The molecule has 0 spiro atoms. The van der Waals surface area contributed by atoms with Gasteiger partial charge in [0.2, 0.25) is 5.91 Å². The van der Waals surface area contributed by atoms with Gasteiger partial charge >= 0.3 is 0 Å². The molecule has 116 valence electrons. The quantitative estimate of drug-likeness (QED) is 0.862. The lowest BCUT2D eigenvalue weighted by molar-refractivity contribution is -0.122. The van der Waals surface area contributed by atoms with Crippen LogP contribution in [-0.2, 0) is 4.79 Å². The van der Waals surface area contributed by atoms with Crippen molar-refractivity contribution in [2.24, 2.45) is 5.92 Å². The van der Waals surface area contributed by atoms with E-state index in [1.165, 1.54) is 25.7 Å². The standard InChI is InChI=1S/C18H23N3O/c1-14-11-21(17-9-5-4-8-16(17)10-19)18(22)13-20(14)12-15-6-2-3-7-15/h4-5,8-9,14-15H,2-3,6-7,11-13H2,1H3. The van der Waals surface area contributed by atoms with Gasteiger partial charge in [0.25, 0.3) is 0 Å². The minimum atomic E-state index is 0.110. The SMILES string of the molecule is CC1CN(c2ccccc2C#N)C(=O)CN1CC1CCCC1. The van der Waals surface area contributed by atoms with E-state index in [9.17, 15) is 10.1 Å². The van der Waals surface area contributed by atoms with E-state index in [4.69, 9.17) is 0 Å². The van der Waals surface area contributed by atoms with E-state index in [2.05, 4.69) is 17.9 Å². The molecule has 1 saturated carbocycles. The topological polar surface area (TPSA) is 47.3 Å². The lowest BCUT2D eigenvalue weighted by Crippen LogP contribution is -2.56. The number of carbonyl (C=O) groups excluding carboxylic acids is 1. The van der Waals surface area contributed by atoms with Crippen LogP contribution in [0.4, 0.5) is 5.69 Å². The molecule has 1 atom stereocenters. The molecule has 2 fully saturated rings. The molecule has 0 N–H and O–H groups in total. The average Bonchev–Trinajstić information content (AvgIpc) is 3.03. The highest BCUT2D eigenvalue weighted by molar-refractivity contribution is 5.96. The molecule has 2 aliphatic rings. The minimum Gasteiger partial charge on any atom is -0.308 e. The van der Waals surface area contributed by atoms with E-state index in [1.54, 1.807) is 11.0 Å². The highest BCUT2D eigenvalue weighted by atomic mass is 16.2. The third-order valence-electron chi connectivity index (χ3n) is 4.99. The number of carbonyl (C=O) groups is 1. The lowest BCUT2D eigenvalue weighted by Gasteiger charge is -2.40. The van der Waals surface area contributed by atoms with Crippen LogP contribution >= 0.6 is 0 Å². The highest BCUT2D eigenvalue weighted by Crippen LogP contribution is 2.28. The summed E-state index contributed by atoms with van der Waals surface area (Å²) in [6, 6.07) is 9.90. The number of nitrogens with zero attached hydrogens (tertiary/aromatic N) is 3. The number of piperazine rings is 1. The summed E-state index contributed by atoms with van der Waals surface area (Å²) in [4.78, 5) is 16.7. The third-order valence-corrected chi connectivity index (χ3v) is 4.99. The Bertz CT molecular complexity index is 586. The fraction of sp³-hybridized carbons (Fsp3) is 0.556. The molecule has 1 amide bonds. The smallest absolute Gasteiger partial charge is 0.241 e. The van der Waals surface area contributed by atoms with Crippen molar-refractivity contribution in [3.63, 3.8) is 0 Å². The maximum absolute atomic E-state index is 12.6. The molecular weight excluding hydrogens is 274 g/mol. The van der Waals surface area contributed by atoms with E-state index in [1.807, 2.05) is 18.2 Å². The van der Waals surface area contributed by atoms with Crippen molar-refractivity contribution in [2.75, 3.05) is 24.5 Å². The predicted octanol–water partition coefficient (Wildman–Crippen LogP) is 2.79. The van der Waals surface area contributed by atoms with E-state index in [-0.39, 0.29) is 5.91 Å². The molecule has 0 bridgehead atoms. The summed E-state index contributed by atoms with van der Waals surface area (Å²) < 4.78 is 0. The first kappa shape index (κ1) is 15.1. The normalized spacial score (nSPS) is 23.7. The average molecular weight is 297 g/mol. The van der Waals surface area contributed by atoms with E-state index in [0.717, 1.165) is 18.2 Å². The van der Waals surface area contributed by atoms with Gasteiger partial charge in [0.15, 0.2) is 0 Å². The predicted molar refractivity (Wildman–Crippen MR) is 86.5 cm³/mol. The molecule has 0 aromatic heterocycles. The fourth-order valence-corrected chi connectivity index (χ4v) is 3.70. The van der Waals surface area contributed by atoms with Gasteiger partial charge in [-0.3, -0.25) is 9.69 Å². The lowest BCUT2D eigenvalue weighted by atomic mass is 10.0. The van der Waals surface area contributed by atoms with Gasteiger partial charge in [-0.15, -0.1) is 0 Å². The second kappa shape index (κ2) is 6.50. The number of benzene rings is 1. The Morgan fingerprint density at radius 3 is 2.73 bits per heavy atom. The zero-order valence-corrected chi connectivity index (χ0v) is 13.2. The van der Waals surface area contributed by atoms with Crippen molar-refractivity contribution >= 4 is 11.6 Å². The van der Waals surface area contributed by atoms with Gasteiger partial charge in [-0.05, 0) is 37.8 Å². The Labute approximate surface area is 132 Å². The zero-order chi connectivity index (χ0) is 15.5. The van der Waals surface area contributed by atoms with Crippen molar-refractivity contribution in [1.29, 1.82) is 5.26 Å². The molecule has 1 heterocycles. The van der Waals surface area contributed by atoms with Gasteiger partial charge in [0.1, 0.15) is 6.07 Å². The molecule has 3 rings (SSSR count). The molecule has 0 radical (unpaired) electrons. The summed E-state index contributed by atoms with van der Waals surface area (Å²) in [5.41, 5.74) is 1.33. The second-order valence-electron chi connectivity index (χ2n) is 6.56. The Morgan fingerprint density at radius 1 is 1.27 bits per heavy atom. The molecule has 1 aromatic carbocycles. The first-order valence-corrected chi connectivity index (χ1v) is 8.22. The van der Waals surface area contributed by atoms with Gasteiger partial charge in [-0.1, -0.05) is 25.0 Å². The number of amides is 1. The number of hydrogen-bond donors (Lipinski definition) is 0. The monoisotopic (exact) mass is 297 g/mol. The summed E-state index contributed by atoms with van der Waals surface area (Å²) >= 11 is 0. The Morgan fingerprint density at radius 2 is 2.00 bits per heavy atom. The van der Waals surface area contributed by atoms with Crippen LogP contribution in [0.1, 0.15) is 38.2 Å². The Kier molecular flexibility index (Phi) is 4.44. The highest BCUT2D eigenvalue weighted by Gasteiger charge is 2.32. The second-order valence-corrected chi connectivity index (χ2v) is 6.56. The number of nitriles is 1. The summed E-state index contributed by atoms with van der Waals surface area (Å²) in [6.45, 7) is 4.37. The largest absolute Gasteiger partial charge is 0.308 e. The molecule has 22 heavy (non-hydrogen) atoms. The van der Waals surface area contributed by atoms with Crippen molar-refractivity contribution in [3.05, 3.63) is 29.8 Å². The molecule has 1 aliphatic heterocycles. The maximum Gasteiger partial charge on any atom is 0.241 e. The molecule has 1 aliphatic carbocycles. The summed E-state index contributed by atoms with van der Waals surface area (Å²) in [7, 11) is 0. The van der Waals surface area contributed by atoms with Crippen LogP contribution < -0.4 is 4.90 Å². The van der Waals surface area contributed by atoms with Gasteiger partial charge in [0, 0.05) is 19.1 Å². The van der Waals surface area contributed by atoms with Crippen LogP contribution in [0, 0.1) is 17.2 Å². The van der Waals surface area contributed by atoms with Crippen molar-refractivity contribution in [2.45, 2.75) is 38.6 Å². The van der Waals surface area contributed by atoms with Gasteiger partial charge in [0.05, 0.1) is 17.8 Å². The third kappa shape index (κ3) is 3.00. The minimum absolute atomic E-state index is 0.110. The van der Waals surface area contributed by atoms with Crippen LogP contribution in [0.3, 0.4) is 0 Å². The molecule has 4 heteroatoms. The van der Waals surface area contributed by atoms with E-state index in [0.29, 0.717) is 24.7 Å². The fourth-order valence-electron chi connectivity index (χ4n) is 3.70. The van der Waals surface area contributed by atoms with E-state index < -0.39 is 0 Å². The van der Waals surface area contributed by atoms with Crippen LogP contribution in [0.25, 0.3) is 0 Å². The van der Waals surface area contributed by atoms with E-state index >= 15 is 0 Å². The molecule has 1 unspecified atom stereocenters.